The Labute approximate surface area is 141 Å². The molecule has 1 aromatic heterocycles. The molecule has 4 nitrogen and oxygen atoms in total. The van der Waals surface area contributed by atoms with Crippen LogP contribution in [0.5, 0.6) is 5.75 Å². The molecule has 1 aliphatic rings. The summed E-state index contributed by atoms with van der Waals surface area (Å²) >= 11 is 0. The minimum atomic E-state index is 0.845. The van der Waals surface area contributed by atoms with Crippen molar-refractivity contribution in [3.8, 4) is 5.75 Å². The van der Waals surface area contributed by atoms with Crippen LogP contribution >= 0.6 is 0 Å². The van der Waals surface area contributed by atoms with E-state index in [9.17, 15) is 0 Å². The molecule has 4 heteroatoms. The summed E-state index contributed by atoms with van der Waals surface area (Å²) in [4.78, 5) is 11.7. The van der Waals surface area contributed by atoms with E-state index in [2.05, 4.69) is 42.2 Å². The third-order valence-corrected chi connectivity index (χ3v) is 4.42. The number of amidine groups is 1. The van der Waals surface area contributed by atoms with Gasteiger partial charge in [-0.15, -0.1) is 0 Å². The SMILES string of the molecule is COc1ccc(N2C(C)=Nc3ccc(C)c4nc(C)cc2c34)cc1. The van der Waals surface area contributed by atoms with Crippen LogP contribution in [0.4, 0.5) is 17.1 Å². The fraction of sp³-hybridized carbons (Fsp3) is 0.200. The van der Waals surface area contributed by atoms with Crippen molar-refractivity contribution in [3.05, 3.63) is 53.7 Å². The zero-order valence-electron chi connectivity index (χ0n) is 14.3. The van der Waals surface area contributed by atoms with E-state index < -0.39 is 0 Å². The molecule has 2 heterocycles. The number of hydrogen-bond donors (Lipinski definition) is 0. The topological polar surface area (TPSA) is 37.7 Å². The van der Waals surface area contributed by atoms with Crippen molar-refractivity contribution in [1.82, 2.24) is 4.98 Å². The van der Waals surface area contributed by atoms with Gasteiger partial charge in [0.2, 0.25) is 0 Å². The van der Waals surface area contributed by atoms with Gasteiger partial charge < -0.3 is 4.74 Å². The highest BCUT2D eigenvalue weighted by atomic mass is 16.5. The third kappa shape index (κ3) is 2.14. The molecule has 24 heavy (non-hydrogen) atoms. The normalized spacial score (nSPS) is 13.2. The Morgan fingerprint density at radius 1 is 0.958 bits per heavy atom. The molecule has 0 fully saturated rings. The Kier molecular flexibility index (Phi) is 3.27. The first-order valence-corrected chi connectivity index (χ1v) is 7.99. The van der Waals surface area contributed by atoms with Crippen LogP contribution in [0.25, 0.3) is 10.9 Å². The summed E-state index contributed by atoms with van der Waals surface area (Å²) < 4.78 is 5.27. The monoisotopic (exact) mass is 317 g/mol. The minimum Gasteiger partial charge on any atom is -0.497 e. The van der Waals surface area contributed by atoms with Gasteiger partial charge in [-0.2, -0.15) is 0 Å². The average Bonchev–Trinajstić information content (AvgIpc) is 2.58. The molecule has 0 saturated heterocycles. The number of rotatable bonds is 2. The maximum absolute atomic E-state index is 5.27. The molecule has 0 aliphatic carbocycles. The standard InChI is InChI=1S/C20H19N3O/c1-12-5-10-17-19-18(11-13(2)21-20(12)19)23(14(3)22-17)15-6-8-16(24-4)9-7-15/h5-11H,1-4H3. The summed E-state index contributed by atoms with van der Waals surface area (Å²) in [6.45, 7) is 6.17. The number of ether oxygens (including phenoxy) is 1. The highest BCUT2D eigenvalue weighted by Crippen LogP contribution is 2.42. The number of benzene rings is 2. The fourth-order valence-corrected chi connectivity index (χ4v) is 3.29. The lowest BCUT2D eigenvalue weighted by Crippen LogP contribution is -2.25. The van der Waals surface area contributed by atoms with Crippen LogP contribution in [-0.2, 0) is 0 Å². The van der Waals surface area contributed by atoms with Gasteiger partial charge in [0.05, 0.1) is 29.4 Å². The molecule has 4 rings (SSSR count). The lowest BCUT2D eigenvalue weighted by atomic mass is 10.0. The Morgan fingerprint density at radius 2 is 1.71 bits per heavy atom. The van der Waals surface area contributed by atoms with E-state index in [-0.39, 0.29) is 0 Å². The van der Waals surface area contributed by atoms with E-state index in [0.29, 0.717) is 0 Å². The number of aromatic nitrogens is 1. The van der Waals surface area contributed by atoms with Crippen LogP contribution in [-0.4, -0.2) is 17.9 Å². The summed E-state index contributed by atoms with van der Waals surface area (Å²) in [5.41, 5.74) is 6.39. The van der Waals surface area contributed by atoms with E-state index in [0.717, 1.165) is 45.2 Å². The summed E-state index contributed by atoms with van der Waals surface area (Å²) in [5, 5.41) is 1.11. The van der Waals surface area contributed by atoms with Crippen LogP contribution < -0.4 is 9.64 Å². The molecule has 1 aliphatic heterocycles. The molecule has 120 valence electrons. The second kappa shape index (κ2) is 5.34. The molecule has 0 radical (unpaired) electrons. The van der Waals surface area contributed by atoms with Crippen LogP contribution in [0, 0.1) is 13.8 Å². The molecule has 2 aromatic carbocycles. The fourth-order valence-electron chi connectivity index (χ4n) is 3.29. The molecule has 0 N–H and O–H groups in total. The van der Waals surface area contributed by atoms with E-state index in [1.165, 1.54) is 5.56 Å². The number of methoxy groups -OCH3 is 1. The summed E-state index contributed by atoms with van der Waals surface area (Å²) in [5.74, 6) is 1.79. The third-order valence-electron chi connectivity index (χ3n) is 4.42. The Hall–Kier alpha value is -2.88. The summed E-state index contributed by atoms with van der Waals surface area (Å²) in [6, 6.07) is 14.4. The quantitative estimate of drug-likeness (QED) is 0.663. The Balaban J connectivity index is 2.00. The van der Waals surface area contributed by atoms with Gasteiger partial charge in [0.25, 0.3) is 0 Å². The van der Waals surface area contributed by atoms with Crippen molar-refractivity contribution >= 4 is 33.8 Å². The molecule has 0 unspecified atom stereocenters. The lowest BCUT2D eigenvalue weighted by molar-refractivity contribution is 0.415. The van der Waals surface area contributed by atoms with Gasteiger partial charge >= 0.3 is 0 Å². The van der Waals surface area contributed by atoms with Gasteiger partial charge in [0, 0.05) is 11.4 Å². The number of aryl methyl sites for hydroxylation is 2. The van der Waals surface area contributed by atoms with E-state index in [4.69, 9.17) is 14.7 Å². The number of pyridine rings is 1. The second-order valence-corrected chi connectivity index (χ2v) is 6.10. The maximum atomic E-state index is 5.27. The number of hydrogen-bond acceptors (Lipinski definition) is 4. The van der Waals surface area contributed by atoms with Crippen molar-refractivity contribution in [2.24, 2.45) is 4.99 Å². The Bertz CT molecular complexity index is 974. The maximum Gasteiger partial charge on any atom is 0.119 e. The molecule has 0 atom stereocenters. The minimum absolute atomic E-state index is 0.845. The molecular weight excluding hydrogens is 298 g/mol. The van der Waals surface area contributed by atoms with Gasteiger partial charge in [-0.05, 0) is 62.7 Å². The predicted molar refractivity (Wildman–Crippen MR) is 99.1 cm³/mol. The first-order chi connectivity index (χ1) is 11.6. The van der Waals surface area contributed by atoms with Crippen molar-refractivity contribution in [2.75, 3.05) is 12.0 Å². The van der Waals surface area contributed by atoms with Crippen molar-refractivity contribution in [1.29, 1.82) is 0 Å². The van der Waals surface area contributed by atoms with E-state index >= 15 is 0 Å². The molecule has 3 aromatic rings. The van der Waals surface area contributed by atoms with Gasteiger partial charge in [-0.3, -0.25) is 9.88 Å². The number of anilines is 2. The van der Waals surface area contributed by atoms with Crippen LogP contribution in [0.2, 0.25) is 0 Å². The van der Waals surface area contributed by atoms with Gasteiger partial charge in [-0.25, -0.2) is 4.99 Å². The largest absolute Gasteiger partial charge is 0.497 e. The second-order valence-electron chi connectivity index (χ2n) is 6.10. The smallest absolute Gasteiger partial charge is 0.119 e. The van der Waals surface area contributed by atoms with Gasteiger partial charge in [0.15, 0.2) is 0 Å². The zero-order chi connectivity index (χ0) is 16.8. The molecule has 0 bridgehead atoms. The van der Waals surface area contributed by atoms with Crippen LogP contribution in [0.15, 0.2) is 47.5 Å². The first kappa shape index (κ1) is 14.7. The highest BCUT2D eigenvalue weighted by Gasteiger charge is 2.23. The number of aliphatic imine (C=N–C) groups is 1. The van der Waals surface area contributed by atoms with Gasteiger partial charge in [-0.1, -0.05) is 6.07 Å². The zero-order valence-corrected chi connectivity index (χ0v) is 14.3. The van der Waals surface area contributed by atoms with E-state index in [1.807, 2.05) is 26.0 Å². The molecule has 0 amide bonds. The van der Waals surface area contributed by atoms with Gasteiger partial charge in [0.1, 0.15) is 11.6 Å². The summed E-state index contributed by atoms with van der Waals surface area (Å²) in [6.07, 6.45) is 0. The van der Waals surface area contributed by atoms with Crippen LogP contribution in [0.3, 0.4) is 0 Å². The first-order valence-electron chi connectivity index (χ1n) is 7.99. The van der Waals surface area contributed by atoms with Crippen LogP contribution in [0.1, 0.15) is 18.2 Å². The van der Waals surface area contributed by atoms with E-state index in [1.54, 1.807) is 7.11 Å². The molecule has 0 spiro atoms. The molecule has 0 saturated carbocycles. The highest BCUT2D eigenvalue weighted by molar-refractivity contribution is 6.17. The lowest BCUT2D eigenvalue weighted by Gasteiger charge is -2.30. The summed E-state index contributed by atoms with van der Waals surface area (Å²) in [7, 11) is 1.68. The average molecular weight is 317 g/mol. The Morgan fingerprint density at radius 3 is 2.42 bits per heavy atom. The molecular formula is C20H19N3O. The van der Waals surface area contributed by atoms with Crippen molar-refractivity contribution in [3.63, 3.8) is 0 Å². The number of nitrogens with zero attached hydrogens (tertiary/aromatic N) is 3. The van der Waals surface area contributed by atoms with Crippen molar-refractivity contribution < 1.29 is 4.74 Å². The van der Waals surface area contributed by atoms with Crippen molar-refractivity contribution in [2.45, 2.75) is 20.8 Å². The predicted octanol–water partition coefficient (Wildman–Crippen LogP) is 5.06.